The van der Waals surface area contributed by atoms with Gasteiger partial charge in [-0.25, -0.2) is 0 Å². The van der Waals surface area contributed by atoms with Crippen molar-refractivity contribution in [1.82, 2.24) is 5.32 Å². The second-order valence-electron chi connectivity index (χ2n) is 7.42. The third-order valence-corrected chi connectivity index (χ3v) is 5.41. The van der Waals surface area contributed by atoms with E-state index in [2.05, 4.69) is 24.4 Å². The monoisotopic (exact) mass is 387 g/mol. The van der Waals surface area contributed by atoms with Crippen LogP contribution in [0.2, 0.25) is 0 Å². The molecule has 0 unspecified atom stereocenters. The van der Waals surface area contributed by atoms with Crippen LogP contribution in [-0.2, 0) is 4.79 Å². The van der Waals surface area contributed by atoms with Gasteiger partial charge >= 0.3 is 0 Å². The van der Waals surface area contributed by atoms with Crippen LogP contribution in [-0.4, -0.2) is 12.0 Å². The first-order valence-corrected chi connectivity index (χ1v) is 10.1. The molecule has 0 saturated heterocycles. The third kappa shape index (κ3) is 4.86. The Balaban J connectivity index is 1.87. The van der Waals surface area contributed by atoms with Crippen molar-refractivity contribution in [3.05, 3.63) is 101 Å². The van der Waals surface area contributed by atoms with Crippen LogP contribution in [0.15, 0.2) is 72.8 Å². The molecule has 0 aliphatic rings. The Labute approximate surface area is 173 Å². The molecule has 0 spiro atoms. The van der Waals surface area contributed by atoms with Crippen molar-refractivity contribution >= 4 is 5.91 Å². The standard InChI is InChI=1S/C26H29NO2/c1-5-23(29-24-17-11-13-18(2)20(24)4)26(28)27-25(21-14-7-6-8-15-21)22-16-10-9-12-19(22)3/h6-17,23,25H,5H2,1-4H3,(H,27,28)/t23-,25-/m1/s1. The van der Waals surface area contributed by atoms with Crippen molar-refractivity contribution in [2.24, 2.45) is 0 Å². The van der Waals surface area contributed by atoms with Gasteiger partial charge in [0, 0.05) is 0 Å². The summed E-state index contributed by atoms with van der Waals surface area (Å²) >= 11 is 0. The van der Waals surface area contributed by atoms with E-state index in [-0.39, 0.29) is 11.9 Å². The lowest BCUT2D eigenvalue weighted by atomic mass is 9.94. The van der Waals surface area contributed by atoms with Gasteiger partial charge in [-0.05, 0) is 61.1 Å². The van der Waals surface area contributed by atoms with Gasteiger partial charge in [0.2, 0.25) is 0 Å². The highest BCUT2D eigenvalue weighted by molar-refractivity contribution is 5.82. The highest BCUT2D eigenvalue weighted by Crippen LogP contribution is 2.26. The summed E-state index contributed by atoms with van der Waals surface area (Å²) in [5.74, 6) is 0.657. The summed E-state index contributed by atoms with van der Waals surface area (Å²) in [4.78, 5) is 13.2. The third-order valence-electron chi connectivity index (χ3n) is 5.41. The Hall–Kier alpha value is -3.07. The molecule has 0 fully saturated rings. The second-order valence-corrected chi connectivity index (χ2v) is 7.42. The summed E-state index contributed by atoms with van der Waals surface area (Å²) in [6.45, 7) is 8.12. The zero-order valence-corrected chi connectivity index (χ0v) is 17.6. The van der Waals surface area contributed by atoms with E-state index in [0.29, 0.717) is 6.42 Å². The molecule has 150 valence electrons. The Morgan fingerprint density at radius 1 is 0.862 bits per heavy atom. The normalized spacial score (nSPS) is 12.8. The Morgan fingerprint density at radius 2 is 1.52 bits per heavy atom. The zero-order valence-electron chi connectivity index (χ0n) is 17.6. The van der Waals surface area contributed by atoms with E-state index in [1.165, 1.54) is 0 Å². The fraction of sp³-hybridized carbons (Fsp3) is 0.269. The van der Waals surface area contributed by atoms with Gasteiger partial charge in [-0.15, -0.1) is 0 Å². The Bertz CT molecular complexity index is 965. The maximum absolute atomic E-state index is 13.2. The average Bonchev–Trinajstić information content (AvgIpc) is 2.74. The quantitative estimate of drug-likeness (QED) is 0.567. The molecular weight excluding hydrogens is 358 g/mol. The molecule has 29 heavy (non-hydrogen) atoms. The van der Waals surface area contributed by atoms with E-state index < -0.39 is 6.10 Å². The van der Waals surface area contributed by atoms with Crippen LogP contribution < -0.4 is 10.1 Å². The minimum Gasteiger partial charge on any atom is -0.480 e. The highest BCUT2D eigenvalue weighted by Gasteiger charge is 2.25. The molecule has 0 saturated carbocycles. The largest absolute Gasteiger partial charge is 0.480 e. The number of hydrogen-bond donors (Lipinski definition) is 1. The summed E-state index contributed by atoms with van der Waals surface area (Å²) in [6, 6.07) is 23.9. The van der Waals surface area contributed by atoms with Gasteiger partial charge in [0.15, 0.2) is 6.10 Å². The molecule has 3 aromatic carbocycles. The molecule has 3 nitrogen and oxygen atoms in total. The molecule has 2 atom stereocenters. The first-order chi connectivity index (χ1) is 14.0. The number of amides is 1. The predicted octanol–water partition coefficient (Wildman–Crippen LogP) is 5.68. The van der Waals surface area contributed by atoms with Crippen LogP contribution in [0.3, 0.4) is 0 Å². The lowest BCUT2D eigenvalue weighted by Crippen LogP contribution is -2.40. The van der Waals surface area contributed by atoms with Crippen molar-refractivity contribution in [3.63, 3.8) is 0 Å². The van der Waals surface area contributed by atoms with Crippen molar-refractivity contribution < 1.29 is 9.53 Å². The molecule has 0 bridgehead atoms. The zero-order chi connectivity index (χ0) is 20.8. The summed E-state index contributed by atoms with van der Waals surface area (Å²) in [7, 11) is 0. The second kappa shape index (κ2) is 9.42. The predicted molar refractivity (Wildman–Crippen MR) is 118 cm³/mol. The van der Waals surface area contributed by atoms with Crippen LogP contribution in [0.4, 0.5) is 0 Å². The van der Waals surface area contributed by atoms with E-state index in [1.54, 1.807) is 0 Å². The number of nitrogens with one attached hydrogen (secondary N) is 1. The summed E-state index contributed by atoms with van der Waals surface area (Å²) in [5.41, 5.74) is 5.51. The first kappa shape index (κ1) is 20.7. The number of aryl methyl sites for hydroxylation is 2. The van der Waals surface area contributed by atoms with Crippen molar-refractivity contribution in [1.29, 1.82) is 0 Å². The number of hydrogen-bond acceptors (Lipinski definition) is 2. The highest BCUT2D eigenvalue weighted by atomic mass is 16.5. The lowest BCUT2D eigenvalue weighted by Gasteiger charge is -2.25. The molecule has 1 N–H and O–H groups in total. The fourth-order valence-electron chi connectivity index (χ4n) is 3.46. The Morgan fingerprint density at radius 3 is 2.21 bits per heavy atom. The molecule has 0 heterocycles. The van der Waals surface area contributed by atoms with Crippen LogP contribution in [0, 0.1) is 20.8 Å². The van der Waals surface area contributed by atoms with Gasteiger partial charge in [-0.3, -0.25) is 4.79 Å². The van der Waals surface area contributed by atoms with Gasteiger partial charge in [0.05, 0.1) is 6.04 Å². The summed E-state index contributed by atoms with van der Waals surface area (Å²) in [5, 5.41) is 3.23. The van der Waals surface area contributed by atoms with Crippen LogP contribution >= 0.6 is 0 Å². The van der Waals surface area contributed by atoms with E-state index in [4.69, 9.17) is 4.74 Å². The smallest absolute Gasteiger partial charge is 0.261 e. The van der Waals surface area contributed by atoms with Gasteiger partial charge in [-0.2, -0.15) is 0 Å². The van der Waals surface area contributed by atoms with Crippen LogP contribution in [0.25, 0.3) is 0 Å². The molecule has 0 aliphatic carbocycles. The van der Waals surface area contributed by atoms with E-state index in [1.807, 2.05) is 81.4 Å². The average molecular weight is 388 g/mol. The molecule has 3 rings (SSSR count). The molecule has 0 aromatic heterocycles. The van der Waals surface area contributed by atoms with E-state index in [0.717, 1.165) is 33.6 Å². The molecule has 0 aliphatic heterocycles. The first-order valence-electron chi connectivity index (χ1n) is 10.1. The molecule has 1 amide bonds. The van der Waals surface area contributed by atoms with Gasteiger partial charge in [0.1, 0.15) is 5.75 Å². The van der Waals surface area contributed by atoms with Crippen LogP contribution in [0.5, 0.6) is 5.75 Å². The van der Waals surface area contributed by atoms with Gasteiger partial charge in [-0.1, -0.05) is 73.7 Å². The molecule has 3 aromatic rings. The lowest BCUT2D eigenvalue weighted by molar-refractivity contribution is -0.128. The number of benzene rings is 3. The van der Waals surface area contributed by atoms with Crippen molar-refractivity contribution in [3.8, 4) is 5.75 Å². The van der Waals surface area contributed by atoms with Crippen molar-refractivity contribution in [2.45, 2.75) is 46.3 Å². The molecule has 0 radical (unpaired) electrons. The molecule has 3 heteroatoms. The summed E-state index contributed by atoms with van der Waals surface area (Å²) < 4.78 is 6.13. The summed E-state index contributed by atoms with van der Waals surface area (Å²) in [6.07, 6.45) is 0.0415. The molecular formula is C26H29NO2. The van der Waals surface area contributed by atoms with Gasteiger partial charge < -0.3 is 10.1 Å². The minimum atomic E-state index is -0.550. The van der Waals surface area contributed by atoms with E-state index in [9.17, 15) is 4.79 Å². The maximum atomic E-state index is 13.2. The number of carbonyl (C=O) groups excluding carboxylic acids is 1. The van der Waals surface area contributed by atoms with E-state index >= 15 is 0 Å². The van der Waals surface area contributed by atoms with Crippen LogP contribution in [0.1, 0.15) is 47.2 Å². The fourth-order valence-corrected chi connectivity index (χ4v) is 3.46. The van der Waals surface area contributed by atoms with Crippen molar-refractivity contribution in [2.75, 3.05) is 0 Å². The number of ether oxygens (including phenoxy) is 1. The number of carbonyl (C=O) groups is 1. The number of rotatable bonds is 7. The maximum Gasteiger partial charge on any atom is 0.261 e. The van der Waals surface area contributed by atoms with Gasteiger partial charge in [0.25, 0.3) is 5.91 Å². The SMILES string of the molecule is CC[C@@H](Oc1cccc(C)c1C)C(=O)N[C@H](c1ccccc1)c1ccccc1C. The Kier molecular flexibility index (Phi) is 6.71. The minimum absolute atomic E-state index is 0.106. The topological polar surface area (TPSA) is 38.3 Å².